The number of hydrogen-bond donors (Lipinski definition) is 0. The third-order valence-corrected chi connectivity index (χ3v) is 4.26. The summed E-state index contributed by atoms with van der Waals surface area (Å²) in [5, 5.41) is 0. The molecular weight excluding hydrogens is 264 g/mol. The number of nitrogens with zero attached hydrogens (tertiary/aromatic N) is 2. The van der Waals surface area contributed by atoms with E-state index in [-0.39, 0.29) is 0 Å². The van der Waals surface area contributed by atoms with Gasteiger partial charge in [0, 0.05) is 11.8 Å². The van der Waals surface area contributed by atoms with Crippen LogP contribution in [0.3, 0.4) is 0 Å². The van der Waals surface area contributed by atoms with E-state index in [0.717, 1.165) is 23.5 Å². The van der Waals surface area contributed by atoms with Crippen LogP contribution in [0.5, 0.6) is 0 Å². The van der Waals surface area contributed by atoms with E-state index in [0.29, 0.717) is 11.9 Å². The molecule has 1 aromatic heterocycles. The van der Waals surface area contributed by atoms with Crippen LogP contribution in [0.4, 0.5) is 0 Å². The average molecular weight is 283 g/mol. The van der Waals surface area contributed by atoms with Crippen molar-refractivity contribution in [2.45, 2.75) is 32.2 Å². The highest BCUT2D eigenvalue weighted by atomic mass is 35.5. The molecule has 0 saturated carbocycles. The number of fused-ring (bicyclic) bond motifs is 1. The zero-order valence-electron chi connectivity index (χ0n) is 11.1. The van der Waals surface area contributed by atoms with Crippen molar-refractivity contribution in [1.82, 2.24) is 9.55 Å². The van der Waals surface area contributed by atoms with E-state index < -0.39 is 0 Å². The van der Waals surface area contributed by atoms with E-state index in [4.69, 9.17) is 11.6 Å². The van der Waals surface area contributed by atoms with Gasteiger partial charge in [-0.25, -0.2) is 4.98 Å². The molecule has 0 spiro atoms. The second-order valence-electron chi connectivity index (χ2n) is 4.49. The molecular formula is C14H19ClN2S. The van der Waals surface area contributed by atoms with Crippen molar-refractivity contribution in [3.05, 3.63) is 29.6 Å². The SMILES string of the molecule is CCC(CSC)n1c(CCl)nc2cccc(C)c21. The average Bonchev–Trinajstić information content (AvgIpc) is 2.76. The number of hydrogen-bond acceptors (Lipinski definition) is 2. The van der Waals surface area contributed by atoms with Gasteiger partial charge in [-0.1, -0.05) is 19.1 Å². The quantitative estimate of drug-likeness (QED) is 0.757. The van der Waals surface area contributed by atoms with Gasteiger partial charge >= 0.3 is 0 Å². The Morgan fingerprint density at radius 2 is 2.22 bits per heavy atom. The van der Waals surface area contributed by atoms with Crippen LogP contribution in [-0.4, -0.2) is 21.6 Å². The van der Waals surface area contributed by atoms with Crippen molar-refractivity contribution < 1.29 is 0 Å². The zero-order chi connectivity index (χ0) is 13.1. The fourth-order valence-electron chi connectivity index (χ4n) is 2.42. The van der Waals surface area contributed by atoms with E-state index >= 15 is 0 Å². The van der Waals surface area contributed by atoms with Crippen LogP contribution in [-0.2, 0) is 5.88 Å². The molecule has 0 N–H and O–H groups in total. The molecule has 2 nitrogen and oxygen atoms in total. The molecule has 0 fully saturated rings. The Kier molecular flexibility index (Phi) is 4.57. The van der Waals surface area contributed by atoms with Crippen LogP contribution in [0.15, 0.2) is 18.2 Å². The minimum absolute atomic E-state index is 0.471. The molecule has 1 aromatic carbocycles. The number of imidazole rings is 1. The number of thioether (sulfide) groups is 1. The predicted molar refractivity (Wildman–Crippen MR) is 81.7 cm³/mol. The van der Waals surface area contributed by atoms with Gasteiger partial charge in [-0.15, -0.1) is 11.6 Å². The highest BCUT2D eigenvalue weighted by molar-refractivity contribution is 7.98. The van der Waals surface area contributed by atoms with Gasteiger partial charge in [-0.2, -0.15) is 11.8 Å². The van der Waals surface area contributed by atoms with E-state index in [1.165, 1.54) is 11.1 Å². The van der Waals surface area contributed by atoms with Gasteiger partial charge in [0.2, 0.25) is 0 Å². The van der Waals surface area contributed by atoms with E-state index in [2.05, 4.69) is 47.9 Å². The summed E-state index contributed by atoms with van der Waals surface area (Å²) in [6.07, 6.45) is 3.25. The summed E-state index contributed by atoms with van der Waals surface area (Å²) < 4.78 is 2.34. The van der Waals surface area contributed by atoms with Gasteiger partial charge in [-0.05, 0) is 31.2 Å². The van der Waals surface area contributed by atoms with Gasteiger partial charge < -0.3 is 4.57 Å². The van der Waals surface area contributed by atoms with Crippen LogP contribution in [0.1, 0.15) is 30.8 Å². The number of benzene rings is 1. The van der Waals surface area contributed by atoms with Crippen molar-refractivity contribution in [2.24, 2.45) is 0 Å². The summed E-state index contributed by atoms with van der Waals surface area (Å²) in [5.74, 6) is 2.56. The number of aromatic nitrogens is 2. The third kappa shape index (κ3) is 2.39. The summed E-state index contributed by atoms with van der Waals surface area (Å²) >= 11 is 7.94. The molecule has 0 aliphatic heterocycles. The standard InChI is InChI=1S/C14H19ClN2S/c1-4-11(9-18-3)17-13(8-15)16-12-7-5-6-10(2)14(12)17/h5-7,11H,4,8-9H2,1-3H3. The Bertz CT molecular complexity index is 536. The lowest BCUT2D eigenvalue weighted by atomic mass is 10.2. The summed E-state index contributed by atoms with van der Waals surface area (Å²) in [7, 11) is 0. The molecule has 4 heteroatoms. The number of halogens is 1. The predicted octanol–water partition coefficient (Wildman–Crippen LogP) is 4.40. The highest BCUT2D eigenvalue weighted by Crippen LogP contribution is 2.28. The van der Waals surface area contributed by atoms with Gasteiger partial charge in [-0.3, -0.25) is 0 Å². The first-order valence-electron chi connectivity index (χ1n) is 6.24. The molecule has 2 aromatic rings. The largest absolute Gasteiger partial charge is 0.323 e. The fraction of sp³-hybridized carbons (Fsp3) is 0.500. The molecule has 1 atom stereocenters. The van der Waals surface area contributed by atoms with Crippen molar-refractivity contribution in [1.29, 1.82) is 0 Å². The van der Waals surface area contributed by atoms with Crippen LogP contribution in [0, 0.1) is 6.92 Å². The fourth-order valence-corrected chi connectivity index (χ4v) is 3.38. The van der Waals surface area contributed by atoms with Gasteiger partial charge in [0.1, 0.15) is 5.82 Å². The van der Waals surface area contributed by atoms with E-state index in [9.17, 15) is 0 Å². The lowest BCUT2D eigenvalue weighted by Gasteiger charge is -2.19. The first-order valence-corrected chi connectivity index (χ1v) is 8.17. The molecule has 98 valence electrons. The third-order valence-electron chi connectivity index (χ3n) is 3.30. The molecule has 0 aliphatic rings. The second kappa shape index (κ2) is 5.98. The molecule has 0 radical (unpaired) electrons. The summed E-state index contributed by atoms with van der Waals surface area (Å²) in [6, 6.07) is 6.74. The molecule has 18 heavy (non-hydrogen) atoms. The zero-order valence-corrected chi connectivity index (χ0v) is 12.7. The normalized spacial score (nSPS) is 13.1. The maximum absolute atomic E-state index is 6.07. The Balaban J connectivity index is 2.65. The minimum atomic E-state index is 0.471. The smallest absolute Gasteiger partial charge is 0.125 e. The summed E-state index contributed by atoms with van der Waals surface area (Å²) in [4.78, 5) is 4.66. The number of aryl methyl sites for hydroxylation is 1. The molecule has 0 bridgehead atoms. The Morgan fingerprint density at radius 3 is 2.83 bits per heavy atom. The van der Waals surface area contributed by atoms with Crippen LogP contribution < -0.4 is 0 Å². The Morgan fingerprint density at radius 1 is 1.44 bits per heavy atom. The Hall–Kier alpha value is -0.670. The lowest BCUT2D eigenvalue weighted by Crippen LogP contribution is -2.13. The molecule has 0 amide bonds. The van der Waals surface area contributed by atoms with E-state index in [1.54, 1.807) is 0 Å². The molecule has 1 heterocycles. The van der Waals surface area contributed by atoms with Gasteiger partial charge in [0.05, 0.1) is 16.9 Å². The van der Waals surface area contributed by atoms with E-state index in [1.807, 2.05) is 11.8 Å². The first-order chi connectivity index (χ1) is 8.72. The van der Waals surface area contributed by atoms with Crippen LogP contribution in [0.2, 0.25) is 0 Å². The topological polar surface area (TPSA) is 17.8 Å². The van der Waals surface area contributed by atoms with Crippen LogP contribution in [0.25, 0.3) is 11.0 Å². The number of para-hydroxylation sites is 1. The lowest BCUT2D eigenvalue weighted by molar-refractivity contribution is 0.538. The summed E-state index contributed by atoms with van der Waals surface area (Å²) in [5.41, 5.74) is 3.58. The van der Waals surface area contributed by atoms with Crippen molar-refractivity contribution in [2.75, 3.05) is 12.0 Å². The maximum Gasteiger partial charge on any atom is 0.125 e. The molecule has 2 rings (SSSR count). The van der Waals surface area contributed by atoms with Gasteiger partial charge in [0.15, 0.2) is 0 Å². The molecule has 0 aliphatic carbocycles. The minimum Gasteiger partial charge on any atom is -0.323 e. The molecule has 1 unspecified atom stereocenters. The van der Waals surface area contributed by atoms with Crippen LogP contribution >= 0.6 is 23.4 Å². The number of rotatable bonds is 5. The van der Waals surface area contributed by atoms with Crippen molar-refractivity contribution in [3.63, 3.8) is 0 Å². The maximum atomic E-state index is 6.07. The first kappa shape index (κ1) is 13.8. The monoisotopic (exact) mass is 282 g/mol. The van der Waals surface area contributed by atoms with Gasteiger partial charge in [0.25, 0.3) is 0 Å². The van der Waals surface area contributed by atoms with Crippen molar-refractivity contribution in [3.8, 4) is 0 Å². The molecule has 0 saturated heterocycles. The summed E-state index contributed by atoms with van der Waals surface area (Å²) in [6.45, 7) is 4.37. The number of alkyl halides is 1. The van der Waals surface area contributed by atoms with Crippen molar-refractivity contribution >= 4 is 34.4 Å². The second-order valence-corrected chi connectivity index (χ2v) is 5.67. The highest BCUT2D eigenvalue weighted by Gasteiger charge is 2.18. The Labute approximate surface area is 118 Å².